The summed E-state index contributed by atoms with van der Waals surface area (Å²) < 4.78 is 15.3. The number of benzene rings is 2. The van der Waals surface area contributed by atoms with Gasteiger partial charge in [0.25, 0.3) is 5.91 Å². The number of halogens is 4. The van der Waals surface area contributed by atoms with E-state index in [2.05, 4.69) is 10.4 Å². The number of hydrogen-bond donors (Lipinski definition) is 1. The van der Waals surface area contributed by atoms with Crippen molar-refractivity contribution in [2.75, 3.05) is 5.32 Å². The third-order valence-corrected chi connectivity index (χ3v) is 4.32. The SMILES string of the molecule is O=C(Nc1nn(Cc2c(F)cccc2Cl)cc1Cl)c1ccc(Cl)cc1. The number of aromatic nitrogens is 2. The van der Waals surface area contributed by atoms with Gasteiger partial charge in [0.2, 0.25) is 0 Å². The molecular weight excluding hydrogens is 388 g/mol. The lowest BCUT2D eigenvalue weighted by atomic mass is 10.2. The molecule has 1 amide bonds. The lowest BCUT2D eigenvalue weighted by molar-refractivity contribution is 0.102. The van der Waals surface area contributed by atoms with Crippen molar-refractivity contribution in [2.24, 2.45) is 0 Å². The van der Waals surface area contributed by atoms with Crippen molar-refractivity contribution in [3.8, 4) is 0 Å². The summed E-state index contributed by atoms with van der Waals surface area (Å²) >= 11 is 17.9. The third-order valence-electron chi connectivity index (χ3n) is 3.44. The average Bonchev–Trinajstić information content (AvgIpc) is 2.91. The molecule has 128 valence electrons. The first-order valence-electron chi connectivity index (χ1n) is 7.17. The minimum atomic E-state index is -0.439. The Balaban J connectivity index is 1.78. The normalized spacial score (nSPS) is 10.7. The van der Waals surface area contributed by atoms with Crippen molar-refractivity contribution in [1.29, 1.82) is 0 Å². The van der Waals surface area contributed by atoms with Gasteiger partial charge in [0.05, 0.1) is 6.54 Å². The first-order valence-corrected chi connectivity index (χ1v) is 8.30. The number of carbonyl (C=O) groups excluding carboxylic acids is 1. The Labute approximate surface area is 158 Å². The van der Waals surface area contributed by atoms with E-state index in [0.717, 1.165) is 0 Å². The first kappa shape index (κ1) is 17.7. The second-order valence-corrected chi connectivity index (χ2v) is 6.44. The molecule has 0 radical (unpaired) electrons. The molecule has 8 heteroatoms. The molecule has 0 spiro atoms. The van der Waals surface area contributed by atoms with Crippen LogP contribution in [0.25, 0.3) is 0 Å². The molecule has 0 aliphatic heterocycles. The van der Waals surface area contributed by atoms with Crippen LogP contribution >= 0.6 is 34.8 Å². The highest BCUT2D eigenvalue weighted by Crippen LogP contribution is 2.24. The van der Waals surface area contributed by atoms with Crippen LogP contribution in [0.15, 0.2) is 48.7 Å². The fraction of sp³-hybridized carbons (Fsp3) is 0.0588. The zero-order valence-corrected chi connectivity index (χ0v) is 14.9. The summed E-state index contributed by atoms with van der Waals surface area (Å²) in [6.07, 6.45) is 1.49. The summed E-state index contributed by atoms with van der Waals surface area (Å²) in [5.74, 6) is -0.646. The van der Waals surface area contributed by atoms with Crippen molar-refractivity contribution in [3.63, 3.8) is 0 Å². The van der Waals surface area contributed by atoms with Gasteiger partial charge >= 0.3 is 0 Å². The second kappa shape index (κ2) is 7.44. The van der Waals surface area contributed by atoms with Gasteiger partial charge in [-0.3, -0.25) is 9.48 Å². The van der Waals surface area contributed by atoms with Gasteiger partial charge in [-0.15, -0.1) is 0 Å². The first-order chi connectivity index (χ1) is 11.9. The molecule has 1 N–H and O–H groups in total. The van der Waals surface area contributed by atoms with Crippen LogP contribution in [0.5, 0.6) is 0 Å². The van der Waals surface area contributed by atoms with E-state index in [-0.39, 0.29) is 23.3 Å². The Hall–Kier alpha value is -2.08. The lowest BCUT2D eigenvalue weighted by Gasteiger charge is -2.06. The summed E-state index contributed by atoms with van der Waals surface area (Å²) in [5, 5.41) is 7.83. The van der Waals surface area contributed by atoms with Gasteiger partial charge in [0, 0.05) is 27.4 Å². The molecule has 0 saturated carbocycles. The fourth-order valence-corrected chi connectivity index (χ4v) is 2.74. The van der Waals surface area contributed by atoms with Gasteiger partial charge in [0.1, 0.15) is 10.8 Å². The monoisotopic (exact) mass is 397 g/mol. The van der Waals surface area contributed by atoms with Crippen LogP contribution in [-0.4, -0.2) is 15.7 Å². The highest BCUT2D eigenvalue weighted by Gasteiger charge is 2.14. The van der Waals surface area contributed by atoms with Crippen molar-refractivity contribution < 1.29 is 9.18 Å². The van der Waals surface area contributed by atoms with Crippen molar-refractivity contribution in [3.05, 3.63) is 80.7 Å². The number of rotatable bonds is 4. The van der Waals surface area contributed by atoms with Gasteiger partial charge in [-0.25, -0.2) is 4.39 Å². The van der Waals surface area contributed by atoms with E-state index in [0.29, 0.717) is 21.2 Å². The maximum Gasteiger partial charge on any atom is 0.256 e. The maximum atomic E-state index is 13.9. The van der Waals surface area contributed by atoms with Crippen LogP contribution in [0.3, 0.4) is 0 Å². The predicted octanol–water partition coefficient (Wildman–Crippen LogP) is 5.28. The van der Waals surface area contributed by atoms with Gasteiger partial charge in [-0.2, -0.15) is 5.10 Å². The summed E-state index contributed by atoms with van der Waals surface area (Å²) in [6, 6.07) is 10.8. The zero-order chi connectivity index (χ0) is 18.0. The predicted molar refractivity (Wildman–Crippen MR) is 97.2 cm³/mol. The lowest BCUT2D eigenvalue weighted by Crippen LogP contribution is -2.13. The van der Waals surface area contributed by atoms with Crippen LogP contribution in [0, 0.1) is 5.82 Å². The number of amides is 1. The largest absolute Gasteiger partial charge is 0.304 e. The van der Waals surface area contributed by atoms with Gasteiger partial charge in [-0.05, 0) is 36.4 Å². The standard InChI is InChI=1S/C17H11Cl3FN3O/c18-11-6-4-10(5-7-11)17(25)22-16-14(20)9-24(23-16)8-12-13(19)2-1-3-15(12)21/h1-7,9H,8H2,(H,22,23,25). The molecule has 2 aromatic carbocycles. The minimum absolute atomic E-state index is 0.0854. The summed E-state index contributed by atoms with van der Waals surface area (Å²) in [5.41, 5.74) is 0.700. The molecule has 0 bridgehead atoms. The molecule has 3 aromatic rings. The maximum absolute atomic E-state index is 13.9. The minimum Gasteiger partial charge on any atom is -0.304 e. The number of nitrogens with zero attached hydrogens (tertiary/aromatic N) is 2. The number of nitrogens with one attached hydrogen (secondary N) is 1. The van der Waals surface area contributed by atoms with Crippen LogP contribution in [0.4, 0.5) is 10.2 Å². The fourth-order valence-electron chi connectivity index (χ4n) is 2.19. The highest BCUT2D eigenvalue weighted by atomic mass is 35.5. The summed E-state index contributed by atoms with van der Waals surface area (Å²) in [7, 11) is 0. The van der Waals surface area contributed by atoms with Crippen LogP contribution in [-0.2, 0) is 6.54 Å². The Morgan fingerprint density at radius 1 is 1.08 bits per heavy atom. The van der Waals surface area contributed by atoms with E-state index >= 15 is 0 Å². The van der Waals surface area contributed by atoms with Crippen molar-refractivity contribution in [2.45, 2.75) is 6.54 Å². The van der Waals surface area contributed by atoms with Crippen LogP contribution in [0.1, 0.15) is 15.9 Å². The van der Waals surface area contributed by atoms with Crippen LogP contribution in [0.2, 0.25) is 15.1 Å². The summed E-state index contributed by atoms with van der Waals surface area (Å²) in [6.45, 7) is 0.0854. The Bertz CT molecular complexity index is 905. The average molecular weight is 399 g/mol. The Morgan fingerprint density at radius 3 is 2.48 bits per heavy atom. The Morgan fingerprint density at radius 2 is 1.80 bits per heavy atom. The molecule has 1 heterocycles. The van der Waals surface area contributed by atoms with E-state index in [1.165, 1.54) is 23.0 Å². The molecule has 25 heavy (non-hydrogen) atoms. The molecule has 0 atom stereocenters. The summed E-state index contributed by atoms with van der Waals surface area (Å²) in [4.78, 5) is 12.2. The topological polar surface area (TPSA) is 46.9 Å². The number of anilines is 1. The molecule has 0 saturated heterocycles. The molecule has 0 unspecified atom stereocenters. The van der Waals surface area contributed by atoms with E-state index in [1.54, 1.807) is 30.3 Å². The quantitative estimate of drug-likeness (QED) is 0.649. The van der Waals surface area contributed by atoms with Crippen LogP contribution < -0.4 is 5.32 Å². The molecule has 0 aliphatic rings. The molecule has 3 rings (SSSR count). The Kier molecular flexibility index (Phi) is 5.27. The molecule has 0 fully saturated rings. The molecular formula is C17H11Cl3FN3O. The molecule has 0 aliphatic carbocycles. The van der Waals surface area contributed by atoms with E-state index < -0.39 is 5.82 Å². The van der Waals surface area contributed by atoms with E-state index in [1.807, 2.05) is 0 Å². The van der Waals surface area contributed by atoms with E-state index in [9.17, 15) is 9.18 Å². The van der Waals surface area contributed by atoms with Gasteiger partial charge in [-0.1, -0.05) is 40.9 Å². The second-order valence-electron chi connectivity index (χ2n) is 5.18. The number of carbonyl (C=O) groups is 1. The highest BCUT2D eigenvalue weighted by molar-refractivity contribution is 6.33. The smallest absolute Gasteiger partial charge is 0.256 e. The van der Waals surface area contributed by atoms with E-state index in [4.69, 9.17) is 34.8 Å². The number of hydrogen-bond acceptors (Lipinski definition) is 2. The van der Waals surface area contributed by atoms with Gasteiger partial charge < -0.3 is 5.32 Å². The zero-order valence-electron chi connectivity index (χ0n) is 12.6. The molecule has 4 nitrogen and oxygen atoms in total. The molecule has 1 aromatic heterocycles. The van der Waals surface area contributed by atoms with Crippen molar-refractivity contribution in [1.82, 2.24) is 9.78 Å². The van der Waals surface area contributed by atoms with Crippen molar-refractivity contribution >= 4 is 46.5 Å². The third kappa shape index (κ3) is 4.12. The van der Waals surface area contributed by atoms with Gasteiger partial charge in [0.15, 0.2) is 5.82 Å².